The van der Waals surface area contributed by atoms with Crippen molar-refractivity contribution < 1.29 is 14.1 Å². The number of ketones is 1. The monoisotopic (exact) mass is 493 g/mol. The van der Waals surface area contributed by atoms with Gasteiger partial charge in [-0.2, -0.15) is 4.37 Å². The maximum absolute atomic E-state index is 12.8. The van der Waals surface area contributed by atoms with Crippen molar-refractivity contribution in [1.82, 2.24) is 29.5 Å². The molecule has 1 amide bonds. The summed E-state index contributed by atoms with van der Waals surface area (Å²) in [6, 6.07) is 12.8. The second kappa shape index (κ2) is 8.76. The third kappa shape index (κ3) is 4.18. The van der Waals surface area contributed by atoms with Gasteiger partial charge in [0.2, 0.25) is 5.13 Å². The molecular formula is C22H16ClN7O3S. The van der Waals surface area contributed by atoms with Crippen molar-refractivity contribution in [2.45, 2.75) is 20.3 Å². The quantitative estimate of drug-likeness (QED) is 0.371. The smallest absolute Gasteiger partial charge is 0.279 e. The fraction of sp³-hybridized carbons (Fsp3) is 0.136. The molecule has 0 aliphatic rings. The maximum atomic E-state index is 12.8. The fourth-order valence-electron chi connectivity index (χ4n) is 3.41. The van der Waals surface area contributed by atoms with E-state index in [9.17, 15) is 9.59 Å². The minimum absolute atomic E-state index is 0.0570. The molecule has 0 atom stereocenters. The van der Waals surface area contributed by atoms with Crippen LogP contribution >= 0.6 is 23.1 Å². The summed E-state index contributed by atoms with van der Waals surface area (Å²) in [6.07, 6.45) is 0.116. The van der Waals surface area contributed by atoms with E-state index in [2.05, 4.69) is 30.1 Å². The highest BCUT2D eigenvalue weighted by Gasteiger charge is 2.20. The number of benzene rings is 2. The molecule has 3 heterocycles. The Morgan fingerprint density at radius 3 is 2.74 bits per heavy atom. The Bertz CT molecular complexity index is 1540. The van der Waals surface area contributed by atoms with Crippen LogP contribution in [0.3, 0.4) is 0 Å². The van der Waals surface area contributed by atoms with Crippen molar-refractivity contribution in [1.29, 1.82) is 0 Å². The van der Waals surface area contributed by atoms with Crippen LogP contribution in [0.2, 0.25) is 5.02 Å². The molecule has 5 rings (SSSR count). The predicted molar refractivity (Wildman–Crippen MR) is 126 cm³/mol. The molecule has 0 saturated heterocycles. The molecule has 0 spiro atoms. The lowest BCUT2D eigenvalue weighted by atomic mass is 10.1. The highest BCUT2D eigenvalue weighted by Crippen LogP contribution is 2.31. The molecule has 3 aromatic heterocycles. The zero-order valence-corrected chi connectivity index (χ0v) is 19.5. The summed E-state index contributed by atoms with van der Waals surface area (Å²) in [7, 11) is 0. The van der Waals surface area contributed by atoms with E-state index in [-0.39, 0.29) is 23.0 Å². The number of carbonyl (C=O) groups is 2. The Morgan fingerprint density at radius 2 is 1.97 bits per heavy atom. The topological polar surface area (TPSA) is 129 Å². The highest BCUT2D eigenvalue weighted by atomic mass is 35.5. The van der Waals surface area contributed by atoms with E-state index in [0.29, 0.717) is 33.5 Å². The van der Waals surface area contributed by atoms with Gasteiger partial charge in [0.1, 0.15) is 11.3 Å². The van der Waals surface area contributed by atoms with E-state index in [0.717, 1.165) is 22.5 Å². The lowest BCUT2D eigenvalue weighted by Gasteiger charge is -2.04. The molecule has 1 N–H and O–H groups in total. The highest BCUT2D eigenvalue weighted by molar-refractivity contribution is 7.09. The molecule has 0 saturated carbocycles. The van der Waals surface area contributed by atoms with Crippen molar-refractivity contribution in [3.8, 4) is 17.0 Å². The molecule has 0 radical (unpaired) electrons. The van der Waals surface area contributed by atoms with Gasteiger partial charge in [-0.25, -0.2) is 9.67 Å². The molecule has 12 heteroatoms. The first-order chi connectivity index (χ1) is 16.4. The number of anilines is 1. The second-order valence-electron chi connectivity index (χ2n) is 7.50. The molecule has 0 aliphatic heterocycles. The SMILES string of the molecule is CC(=O)Cc1nsc(NC(=O)c2nnn(-c3ccc4noc(-c5ccc(Cl)cc5)c4c3)c2C)n1. The van der Waals surface area contributed by atoms with Gasteiger partial charge in [-0.3, -0.25) is 14.9 Å². The van der Waals surface area contributed by atoms with Crippen LogP contribution in [0.5, 0.6) is 0 Å². The van der Waals surface area contributed by atoms with Crippen LogP contribution < -0.4 is 5.32 Å². The largest absolute Gasteiger partial charge is 0.355 e. The number of fused-ring (bicyclic) bond motifs is 1. The van der Waals surface area contributed by atoms with Gasteiger partial charge in [0, 0.05) is 22.1 Å². The van der Waals surface area contributed by atoms with Gasteiger partial charge in [-0.1, -0.05) is 22.0 Å². The predicted octanol–water partition coefficient (Wildman–Crippen LogP) is 4.27. The van der Waals surface area contributed by atoms with Gasteiger partial charge >= 0.3 is 0 Å². The number of Topliss-reactive ketones (excluding diaryl/α,β-unsaturated/α-hetero) is 1. The molecule has 0 bridgehead atoms. The number of nitrogens with one attached hydrogen (secondary N) is 1. The zero-order chi connectivity index (χ0) is 23.8. The van der Waals surface area contributed by atoms with Crippen molar-refractivity contribution >= 4 is 50.9 Å². The van der Waals surface area contributed by atoms with Crippen molar-refractivity contribution in [3.63, 3.8) is 0 Å². The minimum Gasteiger partial charge on any atom is -0.355 e. The molecule has 10 nitrogen and oxygen atoms in total. The Labute approximate surface area is 201 Å². The number of carbonyl (C=O) groups excluding carboxylic acids is 2. The third-order valence-corrected chi connectivity index (χ3v) is 5.94. The van der Waals surface area contributed by atoms with E-state index in [1.807, 2.05) is 30.3 Å². The summed E-state index contributed by atoms with van der Waals surface area (Å²) in [5.74, 6) is 0.439. The standard InChI is InChI=1S/C22H16ClN7O3S/c1-11(31)9-18-24-22(34-28-18)25-21(32)19-12(2)30(29-26-19)15-7-8-17-16(10-15)20(33-27-17)13-3-5-14(23)6-4-13/h3-8,10H,9H2,1-2H3,(H,24,25,28,32). The number of aromatic nitrogens is 6. The number of rotatable bonds is 6. The lowest BCUT2D eigenvalue weighted by molar-refractivity contribution is -0.116. The summed E-state index contributed by atoms with van der Waals surface area (Å²) < 4.78 is 11.2. The molecule has 2 aromatic carbocycles. The van der Waals surface area contributed by atoms with Crippen molar-refractivity contribution in [3.05, 3.63) is 64.7 Å². The number of hydrogen-bond donors (Lipinski definition) is 1. The van der Waals surface area contributed by atoms with Crippen LogP contribution in [0.25, 0.3) is 27.9 Å². The number of nitrogens with zero attached hydrogens (tertiary/aromatic N) is 6. The van der Waals surface area contributed by atoms with Crippen LogP contribution in [-0.2, 0) is 11.2 Å². The van der Waals surface area contributed by atoms with Gasteiger partial charge < -0.3 is 4.52 Å². The van der Waals surface area contributed by atoms with E-state index < -0.39 is 5.91 Å². The zero-order valence-electron chi connectivity index (χ0n) is 17.9. The summed E-state index contributed by atoms with van der Waals surface area (Å²) in [5.41, 5.74) is 2.89. The fourth-order valence-corrected chi connectivity index (χ4v) is 4.12. The normalized spacial score (nSPS) is 11.1. The van der Waals surface area contributed by atoms with E-state index in [4.69, 9.17) is 16.1 Å². The first-order valence-corrected chi connectivity index (χ1v) is 11.3. The van der Waals surface area contributed by atoms with Crippen LogP contribution in [0.1, 0.15) is 28.9 Å². The summed E-state index contributed by atoms with van der Waals surface area (Å²) in [4.78, 5) is 28.1. The Morgan fingerprint density at radius 1 is 1.18 bits per heavy atom. The van der Waals surface area contributed by atoms with Crippen LogP contribution in [0.15, 0.2) is 47.0 Å². The Kier molecular flexibility index (Phi) is 5.64. The number of hydrogen-bond acceptors (Lipinski definition) is 9. The maximum Gasteiger partial charge on any atom is 0.279 e. The van der Waals surface area contributed by atoms with Gasteiger partial charge in [-0.15, -0.1) is 5.10 Å². The average molecular weight is 494 g/mol. The van der Waals surface area contributed by atoms with Crippen LogP contribution in [-0.4, -0.2) is 41.2 Å². The van der Waals surface area contributed by atoms with Crippen molar-refractivity contribution in [2.24, 2.45) is 0 Å². The van der Waals surface area contributed by atoms with Crippen LogP contribution in [0, 0.1) is 6.92 Å². The van der Waals surface area contributed by atoms with Gasteiger partial charge in [0.25, 0.3) is 5.91 Å². The second-order valence-corrected chi connectivity index (χ2v) is 8.69. The van der Waals surface area contributed by atoms with Gasteiger partial charge in [0.15, 0.2) is 17.3 Å². The summed E-state index contributed by atoms with van der Waals surface area (Å²) in [6.45, 7) is 3.20. The van der Waals surface area contributed by atoms with E-state index >= 15 is 0 Å². The molecule has 5 aromatic rings. The molecular weight excluding hydrogens is 478 g/mol. The summed E-state index contributed by atoms with van der Waals surface area (Å²) >= 11 is 7.00. The summed E-state index contributed by atoms with van der Waals surface area (Å²) in [5, 5.41) is 16.7. The molecule has 0 fully saturated rings. The third-order valence-electron chi connectivity index (χ3n) is 5.02. The lowest BCUT2D eigenvalue weighted by Crippen LogP contribution is -2.14. The molecule has 0 aliphatic carbocycles. The van der Waals surface area contributed by atoms with Crippen LogP contribution in [0.4, 0.5) is 5.13 Å². The molecule has 170 valence electrons. The Balaban J connectivity index is 1.43. The van der Waals surface area contributed by atoms with Crippen molar-refractivity contribution in [2.75, 3.05) is 5.32 Å². The first kappa shape index (κ1) is 21.9. The first-order valence-electron chi connectivity index (χ1n) is 10.1. The van der Waals surface area contributed by atoms with E-state index in [1.165, 1.54) is 6.92 Å². The van der Waals surface area contributed by atoms with E-state index in [1.54, 1.807) is 23.7 Å². The number of halogens is 1. The van der Waals surface area contributed by atoms with Gasteiger partial charge in [0.05, 0.1) is 23.2 Å². The van der Waals surface area contributed by atoms with Gasteiger partial charge in [-0.05, 0) is 56.3 Å². The molecule has 0 unspecified atom stereocenters. The number of amides is 1. The Hall–Kier alpha value is -3.96. The molecule has 34 heavy (non-hydrogen) atoms. The average Bonchev–Trinajstić information content (AvgIpc) is 3.52. The minimum atomic E-state index is -0.470.